The van der Waals surface area contributed by atoms with Gasteiger partial charge < -0.3 is 15.0 Å². The first kappa shape index (κ1) is 13.7. The van der Waals surface area contributed by atoms with Gasteiger partial charge >= 0.3 is 5.97 Å². The van der Waals surface area contributed by atoms with E-state index < -0.39 is 0 Å². The van der Waals surface area contributed by atoms with Crippen molar-refractivity contribution in [1.82, 2.24) is 0 Å². The van der Waals surface area contributed by atoms with E-state index in [0.29, 0.717) is 0 Å². The van der Waals surface area contributed by atoms with E-state index in [1.165, 1.54) is 38.5 Å². The summed E-state index contributed by atoms with van der Waals surface area (Å²) in [5.74, 6) is -0.245. The molecule has 0 unspecified atom stereocenters. The lowest BCUT2D eigenvalue weighted by molar-refractivity contribution is -0.138. The number of hydrogen-bond donors (Lipinski definition) is 1. The lowest BCUT2D eigenvalue weighted by Crippen LogP contribution is -2.25. The highest BCUT2D eigenvalue weighted by Crippen LogP contribution is 2.27. The molecule has 0 aliphatic carbocycles. The predicted octanol–water partition coefficient (Wildman–Crippen LogP) is 2.65. The van der Waals surface area contributed by atoms with Gasteiger partial charge in [-0.05, 0) is 25.0 Å². The van der Waals surface area contributed by atoms with Crippen LogP contribution in [0.1, 0.15) is 25.7 Å². The molecule has 1 aromatic carbocycles. The smallest absolute Gasteiger partial charge is 0.325 e. The number of rotatable bonds is 4. The minimum atomic E-state index is -0.245. The largest absolute Gasteiger partial charge is 0.468 e. The minimum Gasteiger partial charge on any atom is -0.468 e. The Bertz CT molecular complexity index is 412. The molecule has 104 valence electrons. The lowest BCUT2D eigenvalue weighted by atomic mass is 10.2. The monoisotopic (exact) mass is 262 g/mol. The summed E-state index contributed by atoms with van der Waals surface area (Å²) in [4.78, 5) is 13.6. The van der Waals surface area contributed by atoms with E-state index in [1.807, 2.05) is 18.2 Å². The third-order valence-corrected chi connectivity index (χ3v) is 3.50. The first-order chi connectivity index (χ1) is 9.31. The molecule has 1 aromatic rings. The van der Waals surface area contributed by atoms with Crippen LogP contribution < -0.4 is 10.2 Å². The van der Waals surface area contributed by atoms with E-state index in [-0.39, 0.29) is 12.5 Å². The highest BCUT2D eigenvalue weighted by molar-refractivity contribution is 5.78. The highest BCUT2D eigenvalue weighted by Gasteiger charge is 2.13. The Morgan fingerprint density at radius 3 is 2.58 bits per heavy atom. The molecule has 0 aromatic heterocycles. The summed E-state index contributed by atoms with van der Waals surface area (Å²) in [6, 6.07) is 8.17. The molecule has 0 bridgehead atoms. The second kappa shape index (κ2) is 7.02. The molecule has 0 spiro atoms. The maximum Gasteiger partial charge on any atom is 0.325 e. The second-order valence-corrected chi connectivity index (χ2v) is 4.85. The Morgan fingerprint density at radius 1 is 1.21 bits per heavy atom. The summed E-state index contributed by atoms with van der Waals surface area (Å²) in [5.41, 5.74) is 2.20. The van der Waals surface area contributed by atoms with Crippen molar-refractivity contribution in [2.45, 2.75) is 25.7 Å². The molecule has 0 amide bonds. The zero-order valence-electron chi connectivity index (χ0n) is 11.5. The van der Waals surface area contributed by atoms with Crippen LogP contribution in [0.3, 0.4) is 0 Å². The quantitative estimate of drug-likeness (QED) is 0.847. The molecule has 0 radical (unpaired) electrons. The fourth-order valence-electron chi connectivity index (χ4n) is 2.45. The van der Waals surface area contributed by atoms with Crippen molar-refractivity contribution in [2.24, 2.45) is 0 Å². The first-order valence-electron chi connectivity index (χ1n) is 6.96. The van der Waals surface area contributed by atoms with Crippen molar-refractivity contribution in [3.63, 3.8) is 0 Å². The number of methoxy groups -OCH3 is 1. The molecule has 19 heavy (non-hydrogen) atoms. The number of nitrogens with zero attached hydrogens (tertiary/aromatic N) is 1. The summed E-state index contributed by atoms with van der Waals surface area (Å²) in [7, 11) is 1.41. The van der Waals surface area contributed by atoms with Crippen molar-refractivity contribution < 1.29 is 9.53 Å². The molecule has 1 N–H and O–H groups in total. The molecular formula is C15H22N2O2. The molecule has 0 atom stereocenters. The Labute approximate surface area is 114 Å². The first-order valence-corrected chi connectivity index (χ1v) is 6.96. The van der Waals surface area contributed by atoms with E-state index in [0.717, 1.165) is 18.8 Å². The van der Waals surface area contributed by atoms with Gasteiger partial charge in [-0.25, -0.2) is 0 Å². The summed E-state index contributed by atoms with van der Waals surface area (Å²) < 4.78 is 4.66. The van der Waals surface area contributed by atoms with Gasteiger partial charge in [0.2, 0.25) is 0 Å². The summed E-state index contributed by atoms with van der Waals surface area (Å²) in [6.07, 6.45) is 5.11. The number of esters is 1. The van der Waals surface area contributed by atoms with Gasteiger partial charge in [0, 0.05) is 13.1 Å². The van der Waals surface area contributed by atoms with Crippen LogP contribution in [-0.4, -0.2) is 32.7 Å². The second-order valence-electron chi connectivity index (χ2n) is 4.85. The molecule has 4 heteroatoms. The van der Waals surface area contributed by atoms with Gasteiger partial charge in [-0.15, -0.1) is 0 Å². The molecule has 0 saturated carbocycles. The molecule has 1 heterocycles. The van der Waals surface area contributed by atoms with E-state index in [4.69, 9.17) is 0 Å². The van der Waals surface area contributed by atoms with Crippen molar-refractivity contribution >= 4 is 17.3 Å². The topological polar surface area (TPSA) is 41.6 Å². The predicted molar refractivity (Wildman–Crippen MR) is 77.6 cm³/mol. The molecule has 1 aliphatic heterocycles. The summed E-state index contributed by atoms with van der Waals surface area (Å²) in [6.45, 7) is 2.40. The Hall–Kier alpha value is -1.71. The Morgan fingerprint density at radius 2 is 1.89 bits per heavy atom. The van der Waals surface area contributed by atoms with Gasteiger partial charge in [0.05, 0.1) is 18.5 Å². The normalized spacial score (nSPS) is 15.7. The van der Waals surface area contributed by atoms with Gasteiger partial charge in [0.25, 0.3) is 0 Å². The average molecular weight is 262 g/mol. The van der Waals surface area contributed by atoms with Crippen molar-refractivity contribution in [3.8, 4) is 0 Å². The van der Waals surface area contributed by atoms with Gasteiger partial charge in [-0.2, -0.15) is 0 Å². The standard InChI is InChI=1S/C15H22N2O2/c1-19-15(18)12-16-13-8-4-5-9-14(13)17-10-6-2-3-7-11-17/h4-5,8-9,16H,2-3,6-7,10-12H2,1H3. The van der Waals surface area contributed by atoms with Crippen LogP contribution in [0.4, 0.5) is 11.4 Å². The van der Waals surface area contributed by atoms with E-state index in [2.05, 4.69) is 21.0 Å². The fraction of sp³-hybridized carbons (Fsp3) is 0.533. The number of hydrogen-bond acceptors (Lipinski definition) is 4. The molecule has 2 rings (SSSR count). The van der Waals surface area contributed by atoms with Crippen LogP contribution >= 0.6 is 0 Å². The van der Waals surface area contributed by atoms with Crippen molar-refractivity contribution in [3.05, 3.63) is 24.3 Å². The molecular weight excluding hydrogens is 240 g/mol. The lowest BCUT2D eigenvalue weighted by Gasteiger charge is -2.25. The fourth-order valence-corrected chi connectivity index (χ4v) is 2.45. The van der Waals surface area contributed by atoms with E-state index in [9.17, 15) is 4.79 Å². The van der Waals surface area contributed by atoms with E-state index in [1.54, 1.807) is 0 Å². The number of para-hydroxylation sites is 2. The average Bonchev–Trinajstić information content (AvgIpc) is 2.74. The number of nitrogens with one attached hydrogen (secondary N) is 1. The zero-order chi connectivity index (χ0) is 13.5. The number of anilines is 2. The van der Waals surface area contributed by atoms with Crippen molar-refractivity contribution in [2.75, 3.05) is 37.0 Å². The maximum absolute atomic E-state index is 11.2. The van der Waals surface area contributed by atoms with Gasteiger partial charge in [-0.1, -0.05) is 25.0 Å². The SMILES string of the molecule is COC(=O)CNc1ccccc1N1CCCCCC1. The number of carbonyl (C=O) groups is 1. The third kappa shape index (κ3) is 3.88. The molecule has 1 fully saturated rings. The Kier molecular flexibility index (Phi) is 5.07. The van der Waals surface area contributed by atoms with Crippen LogP contribution in [0.2, 0.25) is 0 Å². The summed E-state index contributed by atoms with van der Waals surface area (Å²) >= 11 is 0. The van der Waals surface area contributed by atoms with Crippen LogP contribution in [0.25, 0.3) is 0 Å². The van der Waals surface area contributed by atoms with Gasteiger partial charge in [0.1, 0.15) is 6.54 Å². The maximum atomic E-state index is 11.2. The van der Waals surface area contributed by atoms with Crippen LogP contribution in [0.15, 0.2) is 24.3 Å². The highest BCUT2D eigenvalue weighted by atomic mass is 16.5. The minimum absolute atomic E-state index is 0.210. The van der Waals surface area contributed by atoms with Crippen LogP contribution in [-0.2, 0) is 9.53 Å². The summed E-state index contributed by atoms with van der Waals surface area (Å²) in [5, 5.41) is 3.17. The molecule has 1 saturated heterocycles. The molecule has 4 nitrogen and oxygen atoms in total. The van der Waals surface area contributed by atoms with Gasteiger partial charge in [-0.3, -0.25) is 4.79 Å². The van der Waals surface area contributed by atoms with Gasteiger partial charge in [0.15, 0.2) is 0 Å². The zero-order valence-corrected chi connectivity index (χ0v) is 11.5. The number of ether oxygens (including phenoxy) is 1. The Balaban J connectivity index is 2.08. The van der Waals surface area contributed by atoms with Crippen molar-refractivity contribution in [1.29, 1.82) is 0 Å². The number of carbonyl (C=O) groups excluding carboxylic acids is 1. The third-order valence-electron chi connectivity index (χ3n) is 3.50. The van der Waals surface area contributed by atoms with Crippen LogP contribution in [0.5, 0.6) is 0 Å². The van der Waals surface area contributed by atoms with E-state index >= 15 is 0 Å². The molecule has 1 aliphatic rings. The van der Waals surface area contributed by atoms with Crippen LogP contribution in [0, 0.1) is 0 Å². The number of benzene rings is 1.